The molecule has 0 spiro atoms. The van der Waals surface area contributed by atoms with Gasteiger partial charge in [-0.2, -0.15) is 0 Å². The van der Waals surface area contributed by atoms with Gasteiger partial charge in [0.05, 0.1) is 28.4 Å². The number of ether oxygens (including phenoxy) is 3. The van der Waals surface area contributed by atoms with Crippen molar-refractivity contribution in [2.75, 3.05) is 13.7 Å². The Morgan fingerprint density at radius 2 is 1.83 bits per heavy atom. The normalized spacial score (nSPS) is 10.3. The van der Waals surface area contributed by atoms with Crippen LogP contribution in [0.2, 0.25) is 15.1 Å². The van der Waals surface area contributed by atoms with E-state index < -0.39 is 18.5 Å². The van der Waals surface area contributed by atoms with Crippen LogP contribution in [0.15, 0.2) is 28.9 Å². The quantitative estimate of drug-likeness (QED) is 0.542. The van der Waals surface area contributed by atoms with Crippen molar-refractivity contribution in [2.45, 2.75) is 6.61 Å². The Morgan fingerprint density at radius 3 is 2.54 bits per heavy atom. The summed E-state index contributed by atoms with van der Waals surface area (Å²) in [5, 5.41) is 0.712. The minimum atomic E-state index is -0.690. The second-order valence-corrected chi connectivity index (χ2v) is 5.62. The monoisotopic (exact) mass is 392 g/mol. The molecular weight excluding hydrogens is 383 g/mol. The summed E-state index contributed by atoms with van der Waals surface area (Å²) in [5.41, 5.74) is 0.179. The molecule has 24 heavy (non-hydrogen) atoms. The second-order valence-electron chi connectivity index (χ2n) is 4.40. The molecule has 0 bridgehead atoms. The van der Waals surface area contributed by atoms with Gasteiger partial charge in [0.2, 0.25) is 0 Å². The average Bonchev–Trinajstić information content (AvgIpc) is 3.02. The van der Waals surface area contributed by atoms with E-state index in [2.05, 4.69) is 4.74 Å². The summed E-state index contributed by atoms with van der Waals surface area (Å²) in [6.07, 6.45) is 1.29. The third kappa shape index (κ3) is 4.56. The van der Waals surface area contributed by atoms with Crippen LogP contribution in [0.3, 0.4) is 0 Å². The van der Waals surface area contributed by atoms with E-state index in [0.717, 1.165) is 0 Å². The van der Waals surface area contributed by atoms with Crippen molar-refractivity contribution in [3.05, 3.63) is 50.9 Å². The van der Waals surface area contributed by atoms with Crippen molar-refractivity contribution in [1.29, 1.82) is 0 Å². The van der Waals surface area contributed by atoms with Crippen LogP contribution < -0.4 is 4.74 Å². The van der Waals surface area contributed by atoms with Crippen LogP contribution in [0, 0.1) is 0 Å². The number of methoxy groups -OCH3 is 1. The molecular formula is C15H11Cl3O6. The molecule has 0 atom stereocenters. The van der Waals surface area contributed by atoms with Gasteiger partial charge < -0.3 is 18.6 Å². The number of furan rings is 1. The molecule has 0 aliphatic rings. The first-order valence-electron chi connectivity index (χ1n) is 6.50. The maximum Gasteiger partial charge on any atom is 0.344 e. The summed E-state index contributed by atoms with van der Waals surface area (Å²) in [4.78, 5) is 23.2. The SMILES string of the molecule is COC(=O)c1ccoc1COC(=O)COc1cc(Cl)c(Cl)cc1Cl. The maximum atomic E-state index is 11.7. The zero-order valence-electron chi connectivity index (χ0n) is 12.3. The largest absolute Gasteiger partial charge is 0.480 e. The van der Waals surface area contributed by atoms with Crippen LogP contribution in [-0.4, -0.2) is 25.7 Å². The Hall–Kier alpha value is -1.89. The van der Waals surface area contributed by atoms with Gasteiger partial charge in [0.15, 0.2) is 12.4 Å². The zero-order valence-corrected chi connectivity index (χ0v) is 14.6. The van der Waals surface area contributed by atoms with E-state index in [1.807, 2.05) is 0 Å². The average molecular weight is 394 g/mol. The van der Waals surface area contributed by atoms with Crippen LogP contribution >= 0.6 is 34.8 Å². The highest BCUT2D eigenvalue weighted by Crippen LogP contribution is 2.33. The number of halogens is 3. The fraction of sp³-hybridized carbons (Fsp3) is 0.200. The predicted molar refractivity (Wildman–Crippen MR) is 86.8 cm³/mol. The van der Waals surface area contributed by atoms with Crippen LogP contribution in [0.4, 0.5) is 0 Å². The summed E-state index contributed by atoms with van der Waals surface area (Å²) in [5.74, 6) is -0.919. The molecule has 9 heteroatoms. The van der Waals surface area contributed by atoms with Gasteiger partial charge in [-0.25, -0.2) is 9.59 Å². The van der Waals surface area contributed by atoms with E-state index in [0.29, 0.717) is 0 Å². The fourth-order valence-electron chi connectivity index (χ4n) is 1.68. The van der Waals surface area contributed by atoms with Crippen molar-refractivity contribution < 1.29 is 28.2 Å². The number of esters is 2. The Morgan fingerprint density at radius 1 is 1.12 bits per heavy atom. The molecule has 0 fully saturated rings. The first-order valence-corrected chi connectivity index (χ1v) is 7.63. The van der Waals surface area contributed by atoms with E-state index in [-0.39, 0.29) is 38.7 Å². The molecule has 0 unspecified atom stereocenters. The van der Waals surface area contributed by atoms with Gasteiger partial charge in [-0.15, -0.1) is 0 Å². The third-order valence-electron chi connectivity index (χ3n) is 2.84. The Kier molecular flexibility index (Phi) is 6.36. The Balaban J connectivity index is 1.90. The van der Waals surface area contributed by atoms with E-state index in [4.69, 9.17) is 48.7 Å². The standard InChI is InChI=1S/C15H11Cl3O6/c1-21-15(20)8-2-3-22-13(8)6-24-14(19)7-23-12-5-10(17)9(16)4-11(12)18/h2-5H,6-7H2,1H3. The topological polar surface area (TPSA) is 75.0 Å². The molecule has 1 aromatic heterocycles. The van der Waals surface area contributed by atoms with Gasteiger partial charge in [0.1, 0.15) is 17.9 Å². The molecule has 0 radical (unpaired) electrons. The van der Waals surface area contributed by atoms with E-state index in [1.165, 1.54) is 31.6 Å². The number of hydrogen-bond donors (Lipinski definition) is 0. The van der Waals surface area contributed by atoms with E-state index in [1.54, 1.807) is 0 Å². The highest BCUT2D eigenvalue weighted by Gasteiger charge is 2.17. The van der Waals surface area contributed by atoms with Gasteiger partial charge in [-0.05, 0) is 12.1 Å². The molecule has 1 aromatic carbocycles. The molecule has 0 aliphatic carbocycles. The molecule has 2 aromatic rings. The number of hydrogen-bond acceptors (Lipinski definition) is 6. The second kappa shape index (κ2) is 8.28. The van der Waals surface area contributed by atoms with E-state index >= 15 is 0 Å². The van der Waals surface area contributed by atoms with Crippen LogP contribution in [0.25, 0.3) is 0 Å². The molecule has 0 saturated carbocycles. The lowest BCUT2D eigenvalue weighted by Crippen LogP contribution is -2.15. The molecule has 2 rings (SSSR count). The summed E-state index contributed by atoms with van der Waals surface area (Å²) >= 11 is 17.6. The number of carbonyl (C=O) groups is 2. The molecule has 1 heterocycles. The first-order chi connectivity index (χ1) is 11.4. The van der Waals surface area contributed by atoms with Crippen molar-refractivity contribution in [3.63, 3.8) is 0 Å². The van der Waals surface area contributed by atoms with Gasteiger partial charge in [-0.1, -0.05) is 34.8 Å². The Bertz CT molecular complexity index is 756. The molecule has 0 saturated heterocycles. The fourth-order valence-corrected chi connectivity index (χ4v) is 2.27. The number of carbonyl (C=O) groups excluding carboxylic acids is 2. The van der Waals surface area contributed by atoms with Gasteiger partial charge in [0.25, 0.3) is 0 Å². The van der Waals surface area contributed by atoms with Gasteiger partial charge in [0, 0.05) is 6.07 Å². The summed E-state index contributed by atoms with van der Waals surface area (Å²) in [7, 11) is 1.24. The lowest BCUT2D eigenvalue weighted by molar-refractivity contribution is -0.147. The molecule has 6 nitrogen and oxygen atoms in total. The third-order valence-corrected chi connectivity index (χ3v) is 3.85. The predicted octanol–water partition coefficient (Wildman–Crippen LogP) is 4.15. The molecule has 0 N–H and O–H groups in total. The van der Waals surface area contributed by atoms with Gasteiger partial charge >= 0.3 is 11.9 Å². The zero-order chi connectivity index (χ0) is 17.7. The van der Waals surface area contributed by atoms with Crippen molar-refractivity contribution in [3.8, 4) is 5.75 Å². The Labute approximate surface area is 152 Å². The highest BCUT2D eigenvalue weighted by molar-refractivity contribution is 6.43. The smallest absolute Gasteiger partial charge is 0.344 e. The summed E-state index contributed by atoms with van der Waals surface area (Å²) in [6, 6.07) is 4.21. The van der Waals surface area contributed by atoms with Crippen molar-refractivity contribution >= 4 is 46.7 Å². The summed E-state index contributed by atoms with van der Waals surface area (Å²) in [6.45, 7) is -0.652. The van der Waals surface area contributed by atoms with Crippen LogP contribution in [-0.2, 0) is 20.9 Å². The minimum absolute atomic E-state index is 0.169. The number of benzene rings is 1. The van der Waals surface area contributed by atoms with E-state index in [9.17, 15) is 9.59 Å². The lowest BCUT2D eigenvalue weighted by atomic mass is 10.2. The molecule has 128 valence electrons. The molecule has 0 aliphatic heterocycles. The lowest BCUT2D eigenvalue weighted by Gasteiger charge is -2.09. The van der Waals surface area contributed by atoms with Crippen LogP contribution in [0.1, 0.15) is 16.1 Å². The summed E-state index contributed by atoms with van der Waals surface area (Å²) < 4.78 is 19.9. The van der Waals surface area contributed by atoms with Crippen molar-refractivity contribution in [2.24, 2.45) is 0 Å². The first kappa shape index (κ1) is 18.4. The van der Waals surface area contributed by atoms with Crippen LogP contribution in [0.5, 0.6) is 5.75 Å². The van der Waals surface area contributed by atoms with Gasteiger partial charge in [-0.3, -0.25) is 0 Å². The minimum Gasteiger partial charge on any atom is -0.480 e. The van der Waals surface area contributed by atoms with Crippen molar-refractivity contribution in [1.82, 2.24) is 0 Å². The number of rotatable bonds is 6. The maximum absolute atomic E-state index is 11.7. The molecule has 0 amide bonds. The highest BCUT2D eigenvalue weighted by atomic mass is 35.5.